The molecule has 21 heavy (non-hydrogen) atoms. The van der Waals surface area contributed by atoms with E-state index in [2.05, 4.69) is 17.1 Å². The van der Waals surface area contributed by atoms with E-state index >= 15 is 0 Å². The lowest BCUT2D eigenvalue weighted by molar-refractivity contribution is 0.198. The molecule has 1 heterocycles. The van der Waals surface area contributed by atoms with Crippen molar-refractivity contribution in [3.05, 3.63) is 41.9 Å². The molecule has 0 radical (unpaired) electrons. The number of amides is 2. The predicted octanol–water partition coefficient (Wildman–Crippen LogP) is 2.97. The number of rotatable bonds is 3. The third-order valence-electron chi connectivity index (χ3n) is 3.76. The van der Waals surface area contributed by atoms with E-state index in [0.717, 1.165) is 30.8 Å². The normalized spacial score (nSPS) is 16.0. The fourth-order valence-electron chi connectivity index (χ4n) is 2.20. The van der Waals surface area contributed by atoms with Gasteiger partial charge in [0.2, 0.25) is 0 Å². The molecule has 1 N–H and O–H groups in total. The number of anilines is 1. The summed E-state index contributed by atoms with van der Waals surface area (Å²) in [7, 11) is 0. The van der Waals surface area contributed by atoms with E-state index in [1.807, 2.05) is 6.92 Å². The van der Waals surface area contributed by atoms with Crippen LogP contribution in [0.25, 0.3) is 0 Å². The first-order valence-electron chi connectivity index (χ1n) is 7.31. The number of piperazine rings is 1. The van der Waals surface area contributed by atoms with Gasteiger partial charge in [0.25, 0.3) is 0 Å². The van der Waals surface area contributed by atoms with Crippen molar-refractivity contribution in [3.63, 3.8) is 0 Å². The second-order valence-electron chi connectivity index (χ2n) is 5.24. The third-order valence-corrected chi connectivity index (χ3v) is 3.76. The molecule has 0 unspecified atom stereocenters. The van der Waals surface area contributed by atoms with Crippen LogP contribution in [-0.2, 0) is 0 Å². The van der Waals surface area contributed by atoms with Gasteiger partial charge in [0, 0.05) is 38.1 Å². The highest BCUT2D eigenvalue weighted by atomic mass is 19.1. The monoisotopic (exact) mass is 291 g/mol. The van der Waals surface area contributed by atoms with Crippen molar-refractivity contribution >= 4 is 11.7 Å². The number of urea groups is 1. The Labute approximate surface area is 125 Å². The van der Waals surface area contributed by atoms with Crippen LogP contribution in [0.4, 0.5) is 14.9 Å². The maximum absolute atomic E-state index is 12.9. The van der Waals surface area contributed by atoms with Crippen LogP contribution >= 0.6 is 0 Å². The van der Waals surface area contributed by atoms with Crippen molar-refractivity contribution in [1.82, 2.24) is 10.2 Å². The second-order valence-corrected chi connectivity index (χ2v) is 5.24. The van der Waals surface area contributed by atoms with E-state index in [1.54, 1.807) is 23.2 Å². The largest absolute Gasteiger partial charge is 0.368 e. The van der Waals surface area contributed by atoms with Crippen LogP contribution < -0.4 is 10.2 Å². The molecule has 114 valence electrons. The van der Waals surface area contributed by atoms with Crippen LogP contribution in [0.15, 0.2) is 36.0 Å². The minimum Gasteiger partial charge on any atom is -0.368 e. The van der Waals surface area contributed by atoms with Crippen LogP contribution in [0, 0.1) is 5.82 Å². The first kappa shape index (κ1) is 15.4. The van der Waals surface area contributed by atoms with Gasteiger partial charge in [-0.1, -0.05) is 12.5 Å². The summed E-state index contributed by atoms with van der Waals surface area (Å²) in [6, 6.07) is 6.43. The Bertz CT molecular complexity index is 505. The summed E-state index contributed by atoms with van der Waals surface area (Å²) < 4.78 is 12.9. The summed E-state index contributed by atoms with van der Waals surface area (Å²) >= 11 is 0. The molecule has 0 atom stereocenters. The van der Waals surface area contributed by atoms with Crippen LogP contribution in [-0.4, -0.2) is 37.1 Å². The van der Waals surface area contributed by atoms with Gasteiger partial charge in [0.15, 0.2) is 0 Å². The Balaban J connectivity index is 1.85. The summed E-state index contributed by atoms with van der Waals surface area (Å²) in [6.07, 6.45) is 2.70. The van der Waals surface area contributed by atoms with Gasteiger partial charge in [-0.3, -0.25) is 0 Å². The molecule has 4 nitrogen and oxygen atoms in total. The summed E-state index contributed by atoms with van der Waals surface area (Å²) in [5.41, 5.74) is 2.14. The van der Waals surface area contributed by atoms with Gasteiger partial charge in [-0.05, 0) is 37.6 Å². The van der Waals surface area contributed by atoms with Crippen molar-refractivity contribution in [2.24, 2.45) is 0 Å². The molecular formula is C16H22FN3O. The van der Waals surface area contributed by atoms with Gasteiger partial charge in [-0.15, -0.1) is 0 Å². The number of benzene rings is 1. The number of hydrogen-bond donors (Lipinski definition) is 1. The first-order valence-corrected chi connectivity index (χ1v) is 7.31. The molecule has 1 fully saturated rings. The Morgan fingerprint density at radius 2 is 1.86 bits per heavy atom. The lowest BCUT2D eigenvalue weighted by atomic mass is 10.2. The van der Waals surface area contributed by atoms with E-state index in [-0.39, 0.29) is 11.8 Å². The highest BCUT2D eigenvalue weighted by Gasteiger charge is 2.20. The van der Waals surface area contributed by atoms with Crippen LogP contribution in [0.5, 0.6) is 0 Å². The minimum absolute atomic E-state index is 0.0541. The number of allylic oxidation sites excluding steroid dienone is 1. The van der Waals surface area contributed by atoms with E-state index in [0.29, 0.717) is 13.1 Å². The van der Waals surface area contributed by atoms with E-state index in [1.165, 1.54) is 12.1 Å². The zero-order valence-corrected chi connectivity index (χ0v) is 12.6. The van der Waals surface area contributed by atoms with Crippen molar-refractivity contribution in [1.29, 1.82) is 0 Å². The average Bonchev–Trinajstić information content (AvgIpc) is 2.53. The number of carbonyl (C=O) groups is 1. The molecule has 0 spiro atoms. The molecule has 5 heteroatoms. The molecule has 1 saturated heterocycles. The van der Waals surface area contributed by atoms with Crippen molar-refractivity contribution in [3.8, 4) is 0 Å². The topological polar surface area (TPSA) is 35.6 Å². The van der Waals surface area contributed by atoms with Gasteiger partial charge in [-0.2, -0.15) is 0 Å². The highest BCUT2D eigenvalue weighted by molar-refractivity contribution is 5.75. The number of hydrogen-bond acceptors (Lipinski definition) is 2. The number of nitrogens with one attached hydrogen (secondary N) is 1. The zero-order chi connectivity index (χ0) is 15.2. The maximum Gasteiger partial charge on any atom is 0.321 e. The van der Waals surface area contributed by atoms with Crippen LogP contribution in [0.3, 0.4) is 0 Å². The molecule has 0 bridgehead atoms. The quantitative estimate of drug-likeness (QED) is 0.929. The third kappa shape index (κ3) is 4.21. The fraction of sp³-hybridized carbons (Fsp3) is 0.438. The molecule has 0 aromatic heterocycles. The summed E-state index contributed by atoms with van der Waals surface area (Å²) in [5, 5.41) is 2.82. The van der Waals surface area contributed by atoms with Gasteiger partial charge in [0.05, 0.1) is 0 Å². The molecule has 0 aliphatic carbocycles. The fourth-order valence-corrected chi connectivity index (χ4v) is 2.20. The molecular weight excluding hydrogens is 269 g/mol. The Morgan fingerprint density at radius 3 is 2.43 bits per heavy atom. The zero-order valence-electron chi connectivity index (χ0n) is 12.6. The number of nitrogens with zero attached hydrogens (tertiary/aromatic N) is 2. The standard InChI is InChI=1S/C16H22FN3O/c1-3-13(2)12-18-16(21)20-10-8-19(9-11-20)15-6-4-14(17)5-7-15/h4-7,12H,3,8-11H2,1-2H3,(H,18,21)/b13-12+. The van der Waals surface area contributed by atoms with Gasteiger partial charge >= 0.3 is 6.03 Å². The summed E-state index contributed by atoms with van der Waals surface area (Å²) in [4.78, 5) is 16.0. The maximum atomic E-state index is 12.9. The molecule has 1 aromatic rings. The van der Waals surface area contributed by atoms with Crippen molar-refractivity contribution in [2.45, 2.75) is 20.3 Å². The summed E-state index contributed by atoms with van der Waals surface area (Å²) in [5.74, 6) is -0.227. The van der Waals surface area contributed by atoms with E-state index in [4.69, 9.17) is 0 Å². The lowest BCUT2D eigenvalue weighted by Crippen LogP contribution is -2.51. The Kier molecular flexibility index (Phi) is 5.20. The van der Waals surface area contributed by atoms with E-state index < -0.39 is 0 Å². The molecule has 2 amide bonds. The highest BCUT2D eigenvalue weighted by Crippen LogP contribution is 2.16. The molecule has 1 aliphatic rings. The molecule has 1 aromatic carbocycles. The molecule has 1 aliphatic heterocycles. The number of halogens is 1. The average molecular weight is 291 g/mol. The Morgan fingerprint density at radius 1 is 1.24 bits per heavy atom. The van der Waals surface area contributed by atoms with Gasteiger partial charge in [-0.25, -0.2) is 9.18 Å². The van der Waals surface area contributed by atoms with Gasteiger partial charge in [0.1, 0.15) is 5.82 Å². The second kappa shape index (κ2) is 7.11. The minimum atomic E-state index is -0.227. The number of carbonyl (C=O) groups excluding carboxylic acids is 1. The smallest absolute Gasteiger partial charge is 0.321 e. The molecule has 2 rings (SSSR count). The van der Waals surface area contributed by atoms with E-state index in [9.17, 15) is 9.18 Å². The lowest BCUT2D eigenvalue weighted by Gasteiger charge is -2.35. The Hall–Kier alpha value is -2.04. The SMILES string of the molecule is CC/C(C)=C/NC(=O)N1CCN(c2ccc(F)cc2)CC1. The predicted molar refractivity (Wildman–Crippen MR) is 82.8 cm³/mol. The van der Waals surface area contributed by atoms with Crippen molar-refractivity contribution < 1.29 is 9.18 Å². The molecule has 0 saturated carbocycles. The van der Waals surface area contributed by atoms with Crippen LogP contribution in [0.2, 0.25) is 0 Å². The first-order chi connectivity index (χ1) is 10.1. The van der Waals surface area contributed by atoms with Crippen molar-refractivity contribution in [2.75, 3.05) is 31.1 Å². The summed E-state index contributed by atoms with van der Waals surface area (Å²) in [6.45, 7) is 6.90. The van der Waals surface area contributed by atoms with Gasteiger partial charge < -0.3 is 15.1 Å². The van der Waals surface area contributed by atoms with Crippen LogP contribution in [0.1, 0.15) is 20.3 Å².